The summed E-state index contributed by atoms with van der Waals surface area (Å²) in [7, 11) is 0. The molecule has 0 bridgehead atoms. The molecule has 0 radical (unpaired) electrons. The molecule has 2 unspecified atom stereocenters. The molecular formula is C31H58N4S. The van der Waals surface area contributed by atoms with Crippen molar-refractivity contribution in [3.8, 4) is 0 Å². The first-order chi connectivity index (χ1) is 17.2. The summed E-state index contributed by atoms with van der Waals surface area (Å²) in [5.74, 6) is 4.65. The van der Waals surface area contributed by atoms with Crippen LogP contribution in [0, 0.1) is 18.8 Å². The molecule has 0 aliphatic heterocycles. The highest BCUT2D eigenvalue weighted by Crippen LogP contribution is 2.32. The topological polar surface area (TPSA) is 90.4 Å². The van der Waals surface area contributed by atoms with Crippen molar-refractivity contribution < 1.29 is 0 Å². The van der Waals surface area contributed by atoms with E-state index >= 15 is 0 Å². The summed E-state index contributed by atoms with van der Waals surface area (Å²) < 4.78 is 0. The fourth-order valence-corrected chi connectivity index (χ4v) is 4.57. The zero-order valence-electron chi connectivity index (χ0n) is 24.8. The van der Waals surface area contributed by atoms with E-state index in [9.17, 15) is 0 Å². The lowest BCUT2D eigenvalue weighted by molar-refractivity contribution is 0.561. The molecule has 4 nitrogen and oxygen atoms in total. The van der Waals surface area contributed by atoms with Crippen molar-refractivity contribution in [3.63, 3.8) is 0 Å². The van der Waals surface area contributed by atoms with E-state index in [1.807, 2.05) is 34.6 Å². The quantitative estimate of drug-likeness (QED) is 0.185. The Labute approximate surface area is 229 Å². The summed E-state index contributed by atoms with van der Waals surface area (Å²) in [6.45, 7) is 24.0. The lowest BCUT2D eigenvalue weighted by atomic mass is 10.1. The predicted octanol–water partition coefficient (Wildman–Crippen LogP) is 8.02. The molecule has 2 atom stereocenters. The molecule has 0 amide bonds. The first-order valence-electron chi connectivity index (χ1n) is 13.4. The summed E-state index contributed by atoms with van der Waals surface area (Å²) in [6, 6.07) is 8.66. The number of hydrogen-bond donors (Lipinski definition) is 3. The van der Waals surface area contributed by atoms with Gasteiger partial charge in [0.25, 0.3) is 0 Å². The minimum absolute atomic E-state index is 0.526. The summed E-state index contributed by atoms with van der Waals surface area (Å²) >= 11 is 2.10. The molecule has 2 rings (SSSR count). The average Bonchev–Trinajstić information content (AvgIpc) is 3.28. The second kappa shape index (κ2) is 27.6. The van der Waals surface area contributed by atoms with Gasteiger partial charge in [0.1, 0.15) is 0 Å². The normalized spacial score (nSPS) is 15.5. The van der Waals surface area contributed by atoms with Crippen LogP contribution in [-0.4, -0.2) is 24.3 Å². The van der Waals surface area contributed by atoms with Crippen LogP contribution in [0.5, 0.6) is 0 Å². The minimum atomic E-state index is 0.526. The molecule has 0 heterocycles. The Morgan fingerprint density at radius 3 is 2.06 bits per heavy atom. The van der Waals surface area contributed by atoms with Crippen molar-refractivity contribution in [1.29, 1.82) is 0 Å². The van der Waals surface area contributed by atoms with Gasteiger partial charge in [-0.1, -0.05) is 77.1 Å². The highest BCUT2D eigenvalue weighted by Gasteiger charge is 2.20. The molecule has 1 saturated carbocycles. The largest absolute Gasteiger partial charge is 0.405 e. The lowest BCUT2D eigenvalue weighted by Gasteiger charge is -2.07. The molecule has 5 heteroatoms. The van der Waals surface area contributed by atoms with Gasteiger partial charge in [0.15, 0.2) is 0 Å². The minimum Gasteiger partial charge on any atom is -0.405 e. The molecule has 0 saturated heterocycles. The van der Waals surface area contributed by atoms with Gasteiger partial charge in [-0.2, -0.15) is 11.8 Å². The molecule has 0 aromatic heterocycles. The van der Waals surface area contributed by atoms with E-state index in [1.54, 1.807) is 6.21 Å². The van der Waals surface area contributed by atoms with E-state index in [4.69, 9.17) is 11.5 Å². The summed E-state index contributed by atoms with van der Waals surface area (Å²) in [6.07, 6.45) is 9.68. The maximum Gasteiger partial charge on any atom is 0.0835 e. The Morgan fingerprint density at radius 2 is 1.72 bits per heavy atom. The van der Waals surface area contributed by atoms with Crippen molar-refractivity contribution in [2.75, 3.05) is 18.1 Å². The van der Waals surface area contributed by atoms with Crippen LogP contribution in [0.4, 0.5) is 0 Å². The predicted molar refractivity (Wildman–Crippen MR) is 170 cm³/mol. The molecule has 208 valence electrons. The number of aryl methyl sites for hydroxylation is 2. The zero-order valence-corrected chi connectivity index (χ0v) is 25.6. The second-order valence-corrected chi connectivity index (χ2v) is 9.99. The molecule has 1 aliphatic rings. The maximum absolute atomic E-state index is 5.46. The third kappa shape index (κ3) is 23.7. The third-order valence-corrected chi connectivity index (χ3v) is 6.50. The van der Waals surface area contributed by atoms with E-state index in [1.165, 1.54) is 54.5 Å². The molecule has 1 aromatic rings. The zero-order chi connectivity index (χ0) is 28.4. The Hall–Kier alpha value is -1.98. The van der Waals surface area contributed by atoms with Gasteiger partial charge in [0, 0.05) is 6.21 Å². The van der Waals surface area contributed by atoms with Gasteiger partial charge < -0.3 is 17.2 Å². The number of allylic oxidation sites excluding steroid dienone is 1. The molecule has 1 fully saturated rings. The van der Waals surface area contributed by atoms with E-state index in [-0.39, 0.29) is 0 Å². The van der Waals surface area contributed by atoms with Crippen LogP contribution < -0.4 is 17.2 Å². The standard InChI is InChI=1S/C10H21NS.C9H12.C8H14N2.C2H5N.C2H6/c1-9-3-4-10(7-9)8-12-6-2-5-11;1-3-9-6-4-8(2)5-7-9;1-5-10-8(6(2)3)7(4)9;1-2-3;1-2/h9-10H,2-8,11H2,1H3;4-7H,3H2,1-2H3;5H,4,9H2,1-3H3;2H,1,3H2;1-2H3. The van der Waals surface area contributed by atoms with Crippen LogP contribution in [0.25, 0.3) is 0 Å². The summed E-state index contributed by atoms with van der Waals surface area (Å²) in [5, 5.41) is 0. The number of rotatable bonds is 8. The van der Waals surface area contributed by atoms with Crippen LogP contribution in [0.3, 0.4) is 0 Å². The number of nitrogens with zero attached hydrogens (tertiary/aromatic N) is 1. The number of hydrogen-bond acceptors (Lipinski definition) is 5. The second-order valence-electron chi connectivity index (χ2n) is 8.84. The van der Waals surface area contributed by atoms with Crippen LogP contribution in [0.2, 0.25) is 0 Å². The summed E-state index contributed by atoms with van der Waals surface area (Å²) in [5.41, 5.74) is 20.7. The van der Waals surface area contributed by atoms with Gasteiger partial charge in [-0.25, -0.2) is 0 Å². The Bertz CT molecular complexity index is 704. The average molecular weight is 519 g/mol. The fourth-order valence-electron chi connectivity index (χ4n) is 3.40. The van der Waals surface area contributed by atoms with Crippen LogP contribution in [-0.2, 0) is 6.42 Å². The molecule has 36 heavy (non-hydrogen) atoms. The molecule has 1 aliphatic carbocycles. The molecule has 6 N–H and O–H groups in total. The Balaban J connectivity index is -0.000000419. The van der Waals surface area contributed by atoms with E-state index in [0.29, 0.717) is 5.70 Å². The smallest absolute Gasteiger partial charge is 0.0835 e. The van der Waals surface area contributed by atoms with Gasteiger partial charge in [0.2, 0.25) is 0 Å². The molecular weight excluding hydrogens is 460 g/mol. The van der Waals surface area contributed by atoms with Crippen molar-refractivity contribution >= 4 is 18.0 Å². The number of benzene rings is 1. The van der Waals surface area contributed by atoms with Crippen LogP contribution in [0.15, 0.2) is 65.6 Å². The van der Waals surface area contributed by atoms with Gasteiger partial charge in [-0.15, -0.1) is 0 Å². The van der Waals surface area contributed by atoms with Crippen molar-refractivity contribution in [2.24, 2.45) is 34.0 Å². The Morgan fingerprint density at radius 1 is 1.17 bits per heavy atom. The summed E-state index contributed by atoms with van der Waals surface area (Å²) in [4.78, 5) is 4.05. The third-order valence-electron chi connectivity index (χ3n) is 5.21. The van der Waals surface area contributed by atoms with E-state index < -0.39 is 0 Å². The highest BCUT2D eigenvalue weighted by atomic mass is 32.2. The van der Waals surface area contributed by atoms with Gasteiger partial charge in [0.05, 0.1) is 11.4 Å². The Kier molecular flexibility index (Phi) is 29.6. The maximum atomic E-state index is 5.46. The van der Waals surface area contributed by atoms with Gasteiger partial charge in [-0.05, 0) is 101 Å². The first-order valence-corrected chi connectivity index (χ1v) is 14.6. The van der Waals surface area contributed by atoms with Crippen molar-refractivity contribution in [2.45, 2.75) is 87.5 Å². The van der Waals surface area contributed by atoms with E-state index in [0.717, 1.165) is 36.1 Å². The van der Waals surface area contributed by atoms with Crippen molar-refractivity contribution in [1.82, 2.24) is 0 Å². The van der Waals surface area contributed by atoms with E-state index in [2.05, 4.69) is 80.7 Å². The number of thioether (sulfide) groups is 1. The van der Waals surface area contributed by atoms with Gasteiger partial charge >= 0.3 is 0 Å². The molecule has 1 aromatic carbocycles. The molecule has 0 spiro atoms. The lowest BCUT2D eigenvalue weighted by Crippen LogP contribution is -2.02. The highest BCUT2D eigenvalue weighted by molar-refractivity contribution is 7.99. The van der Waals surface area contributed by atoms with Crippen LogP contribution in [0.1, 0.15) is 85.3 Å². The number of aliphatic imine (C=N–C) groups is 1. The SMILES string of the molecule is C=C(N)C(N=CC)=C(C)C.C=CN.CC.CC1CCC(CSCCCN)C1.CCc1ccc(C)cc1. The first kappa shape index (κ1) is 38.5. The monoisotopic (exact) mass is 518 g/mol. The van der Waals surface area contributed by atoms with Gasteiger partial charge in [-0.3, -0.25) is 4.99 Å². The van der Waals surface area contributed by atoms with Crippen LogP contribution >= 0.6 is 11.8 Å². The van der Waals surface area contributed by atoms with Crippen molar-refractivity contribution in [3.05, 3.63) is 71.7 Å². The number of nitrogens with two attached hydrogens (primary N) is 3. The fraction of sp³-hybridized carbons (Fsp3) is 0.581.